The van der Waals surface area contributed by atoms with Crippen LogP contribution in [0.25, 0.3) is 0 Å². The van der Waals surface area contributed by atoms with Crippen LogP contribution in [-0.2, 0) is 0 Å². The van der Waals surface area contributed by atoms with Crippen molar-refractivity contribution in [2.45, 2.75) is 19.9 Å². The first-order valence-corrected chi connectivity index (χ1v) is 6.28. The van der Waals surface area contributed by atoms with Gasteiger partial charge in [-0.3, -0.25) is 0 Å². The van der Waals surface area contributed by atoms with Crippen LogP contribution in [0.2, 0.25) is 0 Å². The molecule has 2 aromatic rings. The summed E-state index contributed by atoms with van der Waals surface area (Å²) in [6.07, 6.45) is 1.65. The van der Waals surface area contributed by atoms with Crippen LogP contribution in [0.4, 0.5) is 4.39 Å². The number of rotatable bonds is 5. The van der Waals surface area contributed by atoms with Crippen molar-refractivity contribution in [3.05, 3.63) is 53.2 Å². The highest BCUT2D eigenvalue weighted by atomic mass is 19.1. The zero-order chi connectivity index (χ0) is 13.8. The molecule has 0 aliphatic heterocycles. The molecule has 3 nitrogen and oxygen atoms in total. The first kappa shape index (κ1) is 13.6. The Hall–Kier alpha value is -1.81. The van der Waals surface area contributed by atoms with Crippen molar-refractivity contribution < 1.29 is 13.5 Å². The Morgan fingerprint density at radius 2 is 2.16 bits per heavy atom. The van der Waals surface area contributed by atoms with Crippen LogP contribution in [0, 0.1) is 12.7 Å². The molecular weight excluding hydrogens is 245 g/mol. The van der Waals surface area contributed by atoms with Gasteiger partial charge < -0.3 is 14.5 Å². The Morgan fingerprint density at radius 3 is 2.68 bits per heavy atom. The molecule has 2 rings (SSSR count). The summed E-state index contributed by atoms with van der Waals surface area (Å²) in [4.78, 5) is 0. The third kappa shape index (κ3) is 2.79. The average molecular weight is 263 g/mol. The van der Waals surface area contributed by atoms with Crippen molar-refractivity contribution >= 4 is 0 Å². The van der Waals surface area contributed by atoms with Crippen LogP contribution in [-0.4, -0.2) is 13.7 Å². The summed E-state index contributed by atoms with van der Waals surface area (Å²) in [6, 6.07) is 6.83. The number of methoxy groups -OCH3 is 1. The fourth-order valence-corrected chi connectivity index (χ4v) is 2.17. The zero-order valence-electron chi connectivity index (χ0n) is 11.4. The summed E-state index contributed by atoms with van der Waals surface area (Å²) >= 11 is 0. The topological polar surface area (TPSA) is 34.4 Å². The average Bonchev–Trinajstić information content (AvgIpc) is 2.82. The molecule has 0 saturated carbocycles. The van der Waals surface area contributed by atoms with E-state index in [0.29, 0.717) is 0 Å². The minimum absolute atomic E-state index is 0.0795. The number of halogens is 1. The van der Waals surface area contributed by atoms with E-state index in [9.17, 15) is 4.39 Å². The maximum absolute atomic E-state index is 13.8. The number of benzene rings is 1. The Kier molecular flexibility index (Phi) is 4.22. The van der Waals surface area contributed by atoms with Crippen LogP contribution in [0.3, 0.4) is 0 Å². The number of aryl methyl sites for hydroxylation is 1. The lowest BCUT2D eigenvalue weighted by molar-refractivity contribution is 0.385. The van der Waals surface area contributed by atoms with E-state index in [1.807, 2.05) is 26.0 Å². The predicted molar refractivity (Wildman–Crippen MR) is 71.9 cm³/mol. The van der Waals surface area contributed by atoms with Crippen molar-refractivity contribution in [1.82, 2.24) is 5.32 Å². The van der Waals surface area contributed by atoms with Crippen LogP contribution in [0.15, 0.2) is 34.9 Å². The van der Waals surface area contributed by atoms with E-state index >= 15 is 0 Å². The number of ether oxygens (including phenoxy) is 1. The summed E-state index contributed by atoms with van der Waals surface area (Å²) in [5.74, 6) is 0.731. The highest BCUT2D eigenvalue weighted by molar-refractivity contribution is 5.37. The Morgan fingerprint density at radius 1 is 1.37 bits per heavy atom. The molecule has 1 heterocycles. The molecule has 1 atom stereocenters. The summed E-state index contributed by atoms with van der Waals surface area (Å²) in [6.45, 7) is 4.70. The van der Waals surface area contributed by atoms with Crippen molar-refractivity contribution in [1.29, 1.82) is 0 Å². The van der Waals surface area contributed by atoms with Gasteiger partial charge in [-0.15, -0.1) is 0 Å². The van der Waals surface area contributed by atoms with Gasteiger partial charge in [-0.2, -0.15) is 0 Å². The second-order valence-electron chi connectivity index (χ2n) is 4.32. The van der Waals surface area contributed by atoms with Gasteiger partial charge in [-0.1, -0.05) is 13.0 Å². The molecule has 102 valence electrons. The monoisotopic (exact) mass is 263 g/mol. The van der Waals surface area contributed by atoms with E-state index in [1.165, 1.54) is 13.2 Å². The number of hydrogen-bond acceptors (Lipinski definition) is 3. The second kappa shape index (κ2) is 5.89. The lowest BCUT2D eigenvalue weighted by Crippen LogP contribution is -2.22. The fraction of sp³-hybridized carbons (Fsp3) is 0.333. The van der Waals surface area contributed by atoms with Crippen LogP contribution < -0.4 is 10.1 Å². The van der Waals surface area contributed by atoms with E-state index in [4.69, 9.17) is 9.15 Å². The van der Waals surface area contributed by atoms with E-state index in [2.05, 4.69) is 5.32 Å². The highest BCUT2D eigenvalue weighted by Gasteiger charge is 2.18. The molecule has 0 spiro atoms. The first-order valence-electron chi connectivity index (χ1n) is 6.28. The predicted octanol–water partition coefficient (Wildman–Crippen LogP) is 3.43. The molecule has 1 unspecified atom stereocenters. The summed E-state index contributed by atoms with van der Waals surface area (Å²) in [7, 11) is 1.46. The van der Waals surface area contributed by atoms with Gasteiger partial charge in [0, 0.05) is 5.56 Å². The van der Waals surface area contributed by atoms with Gasteiger partial charge in [0.05, 0.1) is 19.4 Å². The van der Waals surface area contributed by atoms with Crippen molar-refractivity contribution in [3.63, 3.8) is 0 Å². The van der Waals surface area contributed by atoms with Crippen LogP contribution in [0.1, 0.15) is 29.9 Å². The molecule has 0 fully saturated rings. The smallest absolute Gasteiger partial charge is 0.165 e. The van der Waals surface area contributed by atoms with Crippen LogP contribution in [0.5, 0.6) is 5.75 Å². The number of furan rings is 1. The SMILES string of the molecule is CCNC(c1ccc(OC)c(F)c1)c1ccoc1C. The molecule has 0 saturated heterocycles. The molecule has 4 heteroatoms. The van der Waals surface area contributed by atoms with Gasteiger partial charge >= 0.3 is 0 Å². The summed E-state index contributed by atoms with van der Waals surface area (Å²) < 4.78 is 24.1. The molecular formula is C15H18FNO2. The van der Waals surface area contributed by atoms with Crippen molar-refractivity contribution in [2.24, 2.45) is 0 Å². The third-order valence-electron chi connectivity index (χ3n) is 3.13. The fourth-order valence-electron chi connectivity index (χ4n) is 2.17. The zero-order valence-corrected chi connectivity index (χ0v) is 11.4. The molecule has 1 aromatic heterocycles. The van der Waals surface area contributed by atoms with Gasteiger partial charge in [0.15, 0.2) is 11.6 Å². The lowest BCUT2D eigenvalue weighted by atomic mass is 9.99. The van der Waals surface area contributed by atoms with E-state index < -0.39 is 0 Å². The molecule has 0 radical (unpaired) electrons. The second-order valence-corrected chi connectivity index (χ2v) is 4.32. The van der Waals surface area contributed by atoms with Gasteiger partial charge in [0.25, 0.3) is 0 Å². The Labute approximate surface area is 112 Å². The van der Waals surface area contributed by atoms with Gasteiger partial charge in [0.1, 0.15) is 5.76 Å². The lowest BCUT2D eigenvalue weighted by Gasteiger charge is -2.18. The van der Waals surface area contributed by atoms with Gasteiger partial charge in [-0.05, 0) is 37.2 Å². The summed E-state index contributed by atoms with van der Waals surface area (Å²) in [5.41, 5.74) is 1.87. The molecule has 0 aliphatic carbocycles. The minimum Gasteiger partial charge on any atom is -0.494 e. The molecule has 1 N–H and O–H groups in total. The third-order valence-corrected chi connectivity index (χ3v) is 3.13. The molecule has 0 bridgehead atoms. The quantitative estimate of drug-likeness (QED) is 0.897. The maximum Gasteiger partial charge on any atom is 0.165 e. The highest BCUT2D eigenvalue weighted by Crippen LogP contribution is 2.28. The normalized spacial score (nSPS) is 12.4. The van der Waals surface area contributed by atoms with E-state index in [1.54, 1.807) is 12.3 Å². The largest absolute Gasteiger partial charge is 0.494 e. The standard InChI is InChI=1S/C15H18FNO2/c1-4-17-15(12-7-8-19-10(12)2)11-5-6-14(18-3)13(16)9-11/h5-9,15,17H,4H2,1-3H3. The van der Waals surface area contributed by atoms with Crippen molar-refractivity contribution in [2.75, 3.05) is 13.7 Å². The Balaban J connectivity index is 2.39. The first-order chi connectivity index (χ1) is 9.17. The van der Waals surface area contributed by atoms with E-state index in [0.717, 1.165) is 23.4 Å². The molecule has 0 amide bonds. The number of hydrogen-bond donors (Lipinski definition) is 1. The van der Waals surface area contributed by atoms with Gasteiger partial charge in [-0.25, -0.2) is 4.39 Å². The maximum atomic E-state index is 13.8. The molecule has 1 aromatic carbocycles. The minimum atomic E-state index is -0.357. The molecule has 0 aliphatic rings. The molecule has 19 heavy (non-hydrogen) atoms. The van der Waals surface area contributed by atoms with E-state index in [-0.39, 0.29) is 17.6 Å². The summed E-state index contributed by atoms with van der Waals surface area (Å²) in [5, 5.41) is 3.34. The van der Waals surface area contributed by atoms with Crippen LogP contribution >= 0.6 is 0 Å². The number of nitrogens with one attached hydrogen (secondary N) is 1. The van der Waals surface area contributed by atoms with Gasteiger partial charge in [0.2, 0.25) is 0 Å². The Bertz CT molecular complexity index is 551. The van der Waals surface area contributed by atoms with Crippen molar-refractivity contribution in [3.8, 4) is 5.75 Å².